The van der Waals surface area contributed by atoms with Gasteiger partial charge < -0.3 is 10.6 Å². The molecular weight excluding hydrogens is 200 g/mol. The first-order valence-corrected chi connectivity index (χ1v) is 6.60. The van der Waals surface area contributed by atoms with Crippen molar-refractivity contribution in [2.75, 3.05) is 6.54 Å². The van der Waals surface area contributed by atoms with Crippen molar-refractivity contribution in [3.05, 3.63) is 0 Å². The highest BCUT2D eigenvalue weighted by molar-refractivity contribution is 5.74. The summed E-state index contributed by atoms with van der Waals surface area (Å²) < 4.78 is 0. The smallest absolute Gasteiger partial charge is 0.314 e. The molecule has 3 heteroatoms. The van der Waals surface area contributed by atoms with Gasteiger partial charge in [-0.05, 0) is 25.7 Å². The van der Waals surface area contributed by atoms with Crippen LogP contribution >= 0.6 is 0 Å². The summed E-state index contributed by atoms with van der Waals surface area (Å²) in [5, 5.41) is 5.83. The average molecular weight is 228 g/mol. The van der Waals surface area contributed by atoms with Crippen molar-refractivity contribution in [3.63, 3.8) is 0 Å². The maximum atomic E-state index is 11.4. The molecule has 0 aromatic heterocycles. The number of carbonyl (C=O) groups is 1. The van der Waals surface area contributed by atoms with E-state index in [4.69, 9.17) is 0 Å². The van der Waals surface area contributed by atoms with Crippen LogP contribution in [0.15, 0.2) is 0 Å². The first kappa shape index (κ1) is 15.3. The fourth-order valence-corrected chi connectivity index (χ4v) is 1.56. The molecule has 0 saturated heterocycles. The van der Waals surface area contributed by atoms with Crippen molar-refractivity contribution in [3.8, 4) is 0 Å². The summed E-state index contributed by atoms with van der Waals surface area (Å²) >= 11 is 0. The summed E-state index contributed by atoms with van der Waals surface area (Å²) in [7, 11) is 0. The largest absolute Gasteiger partial charge is 0.338 e. The van der Waals surface area contributed by atoms with Crippen molar-refractivity contribution >= 4 is 6.03 Å². The Kier molecular flexibility index (Phi) is 9.06. The van der Waals surface area contributed by atoms with E-state index in [1.165, 1.54) is 12.8 Å². The molecule has 0 aromatic carbocycles. The van der Waals surface area contributed by atoms with Crippen LogP contribution in [0.2, 0.25) is 0 Å². The number of rotatable bonds is 8. The second-order valence-electron chi connectivity index (χ2n) is 4.98. The van der Waals surface area contributed by atoms with Crippen LogP contribution in [-0.4, -0.2) is 18.6 Å². The number of hydrogen-bond donors (Lipinski definition) is 2. The molecule has 16 heavy (non-hydrogen) atoms. The summed E-state index contributed by atoms with van der Waals surface area (Å²) in [6, 6.07) is 0.255. The second-order valence-corrected chi connectivity index (χ2v) is 4.98. The monoisotopic (exact) mass is 228 g/mol. The highest BCUT2D eigenvalue weighted by Gasteiger charge is 2.06. The minimum absolute atomic E-state index is 0.0227. The van der Waals surface area contributed by atoms with E-state index in [1.54, 1.807) is 0 Å². The Balaban J connectivity index is 3.46. The van der Waals surface area contributed by atoms with Crippen LogP contribution in [0.3, 0.4) is 0 Å². The topological polar surface area (TPSA) is 41.1 Å². The SMILES string of the molecule is CCCCNC(=O)NC(C)CCCC(C)C. The van der Waals surface area contributed by atoms with Crippen LogP contribution in [0, 0.1) is 5.92 Å². The highest BCUT2D eigenvalue weighted by atomic mass is 16.2. The Morgan fingerprint density at radius 2 is 1.81 bits per heavy atom. The molecule has 3 nitrogen and oxygen atoms in total. The maximum Gasteiger partial charge on any atom is 0.314 e. The lowest BCUT2D eigenvalue weighted by molar-refractivity contribution is 0.236. The Morgan fingerprint density at radius 1 is 1.12 bits per heavy atom. The van der Waals surface area contributed by atoms with Crippen LogP contribution in [0.1, 0.15) is 59.8 Å². The number of unbranched alkanes of at least 4 members (excludes halogenated alkanes) is 1. The van der Waals surface area contributed by atoms with Crippen molar-refractivity contribution in [2.45, 2.75) is 65.8 Å². The van der Waals surface area contributed by atoms with Crippen LogP contribution < -0.4 is 10.6 Å². The second kappa shape index (κ2) is 9.49. The summed E-state index contributed by atoms with van der Waals surface area (Å²) in [5.41, 5.74) is 0. The molecule has 0 rings (SSSR count). The lowest BCUT2D eigenvalue weighted by Gasteiger charge is -2.15. The predicted octanol–water partition coefficient (Wildman–Crippen LogP) is 3.30. The molecule has 1 atom stereocenters. The zero-order valence-corrected chi connectivity index (χ0v) is 11.3. The standard InChI is InChI=1S/C13H28N2O/c1-5-6-10-14-13(16)15-12(4)9-7-8-11(2)3/h11-12H,5-10H2,1-4H3,(H2,14,15,16). The van der Waals surface area contributed by atoms with Gasteiger partial charge in [0.25, 0.3) is 0 Å². The number of nitrogens with one attached hydrogen (secondary N) is 2. The van der Waals surface area contributed by atoms with Gasteiger partial charge in [-0.3, -0.25) is 0 Å². The maximum absolute atomic E-state index is 11.4. The van der Waals surface area contributed by atoms with E-state index in [1.807, 2.05) is 0 Å². The van der Waals surface area contributed by atoms with Gasteiger partial charge in [0.05, 0.1) is 0 Å². The normalized spacial score (nSPS) is 12.6. The summed E-state index contributed by atoms with van der Waals surface area (Å²) in [4.78, 5) is 11.4. The van der Waals surface area contributed by atoms with E-state index >= 15 is 0 Å². The Morgan fingerprint density at radius 3 is 2.38 bits per heavy atom. The van der Waals surface area contributed by atoms with Gasteiger partial charge in [-0.25, -0.2) is 4.79 Å². The summed E-state index contributed by atoms with van der Waals surface area (Å²) in [6.07, 6.45) is 5.66. The molecule has 96 valence electrons. The number of amides is 2. The third-order valence-electron chi connectivity index (χ3n) is 2.61. The average Bonchev–Trinajstić information content (AvgIpc) is 2.17. The van der Waals surface area contributed by atoms with Crippen molar-refractivity contribution in [2.24, 2.45) is 5.92 Å². The fraction of sp³-hybridized carbons (Fsp3) is 0.923. The van der Waals surface area contributed by atoms with Gasteiger partial charge >= 0.3 is 6.03 Å². The van der Waals surface area contributed by atoms with Gasteiger partial charge in [0.1, 0.15) is 0 Å². The lowest BCUT2D eigenvalue weighted by atomic mass is 10.0. The Bertz CT molecular complexity index is 181. The van der Waals surface area contributed by atoms with Gasteiger partial charge in [0.15, 0.2) is 0 Å². The zero-order valence-electron chi connectivity index (χ0n) is 11.3. The molecule has 0 aliphatic rings. The molecule has 1 unspecified atom stereocenters. The molecule has 0 aliphatic carbocycles. The Labute approximate surface area is 100 Å². The molecule has 0 aliphatic heterocycles. The molecule has 0 saturated carbocycles. The van der Waals surface area contributed by atoms with E-state index in [2.05, 4.69) is 38.3 Å². The summed E-state index contributed by atoms with van der Waals surface area (Å²) in [5.74, 6) is 0.755. The molecule has 2 amide bonds. The zero-order chi connectivity index (χ0) is 12.4. The van der Waals surface area contributed by atoms with E-state index in [-0.39, 0.29) is 12.1 Å². The quantitative estimate of drug-likeness (QED) is 0.615. The van der Waals surface area contributed by atoms with Gasteiger partial charge in [-0.1, -0.05) is 40.0 Å². The molecule has 0 radical (unpaired) electrons. The Hall–Kier alpha value is -0.730. The van der Waals surface area contributed by atoms with Gasteiger partial charge in [0.2, 0.25) is 0 Å². The van der Waals surface area contributed by atoms with Crippen LogP contribution in [0.5, 0.6) is 0 Å². The first-order valence-electron chi connectivity index (χ1n) is 6.60. The van der Waals surface area contributed by atoms with Crippen molar-refractivity contribution in [1.82, 2.24) is 10.6 Å². The van der Waals surface area contributed by atoms with Gasteiger partial charge in [-0.15, -0.1) is 0 Å². The van der Waals surface area contributed by atoms with E-state index in [0.29, 0.717) is 0 Å². The van der Waals surface area contributed by atoms with Gasteiger partial charge in [0, 0.05) is 12.6 Å². The third-order valence-corrected chi connectivity index (χ3v) is 2.61. The van der Waals surface area contributed by atoms with Crippen LogP contribution in [0.25, 0.3) is 0 Å². The highest BCUT2D eigenvalue weighted by Crippen LogP contribution is 2.07. The van der Waals surface area contributed by atoms with E-state index in [0.717, 1.165) is 31.7 Å². The summed E-state index contributed by atoms with van der Waals surface area (Å²) in [6.45, 7) is 9.43. The van der Waals surface area contributed by atoms with E-state index in [9.17, 15) is 4.79 Å². The van der Waals surface area contributed by atoms with Crippen LogP contribution in [0.4, 0.5) is 4.79 Å². The third kappa shape index (κ3) is 9.81. The first-order chi connectivity index (χ1) is 7.56. The molecular formula is C13H28N2O. The lowest BCUT2D eigenvalue weighted by Crippen LogP contribution is -2.41. The predicted molar refractivity (Wildman–Crippen MR) is 69.6 cm³/mol. The minimum Gasteiger partial charge on any atom is -0.338 e. The number of urea groups is 1. The number of hydrogen-bond acceptors (Lipinski definition) is 1. The van der Waals surface area contributed by atoms with E-state index < -0.39 is 0 Å². The molecule has 0 heterocycles. The fourth-order valence-electron chi connectivity index (χ4n) is 1.56. The molecule has 0 bridgehead atoms. The van der Waals surface area contributed by atoms with Crippen molar-refractivity contribution in [1.29, 1.82) is 0 Å². The number of carbonyl (C=O) groups excluding carboxylic acids is 1. The minimum atomic E-state index is -0.0227. The molecule has 2 N–H and O–H groups in total. The van der Waals surface area contributed by atoms with Crippen LogP contribution in [-0.2, 0) is 0 Å². The molecule has 0 spiro atoms. The van der Waals surface area contributed by atoms with Gasteiger partial charge in [-0.2, -0.15) is 0 Å². The molecule has 0 fully saturated rings. The van der Waals surface area contributed by atoms with Crippen molar-refractivity contribution < 1.29 is 4.79 Å². The molecule has 0 aromatic rings.